The van der Waals surface area contributed by atoms with Crippen molar-refractivity contribution in [2.45, 2.75) is 91.9 Å². The third kappa shape index (κ3) is 3.39. The standard InChI is InChI=1S/C26H42O3/c1-16-10-12-26(4)21-11-13-25(3)19(17(2)6-9-24(28)29-5)7-8-20(25)18(21)15-23(27)22(26)14-16/h16-22H,6-15H2,1-5H3/t16-,17-,18+,19-,20+,21+,22-,25-,26-/m1/s1. The molecule has 0 unspecified atom stereocenters. The molecule has 0 N–H and O–H groups in total. The van der Waals surface area contributed by atoms with E-state index in [2.05, 4.69) is 27.7 Å². The van der Waals surface area contributed by atoms with Crippen LogP contribution in [0.15, 0.2) is 0 Å². The number of ketones is 1. The van der Waals surface area contributed by atoms with Crippen molar-refractivity contribution in [3.8, 4) is 0 Å². The van der Waals surface area contributed by atoms with Crippen LogP contribution in [-0.2, 0) is 14.3 Å². The van der Waals surface area contributed by atoms with Crippen LogP contribution in [0.3, 0.4) is 0 Å². The molecule has 4 aliphatic carbocycles. The van der Waals surface area contributed by atoms with E-state index in [1.807, 2.05) is 0 Å². The minimum Gasteiger partial charge on any atom is -0.469 e. The molecule has 4 fully saturated rings. The van der Waals surface area contributed by atoms with Crippen LogP contribution in [0.4, 0.5) is 0 Å². The largest absolute Gasteiger partial charge is 0.469 e. The third-order valence-electron chi connectivity index (χ3n) is 10.5. The van der Waals surface area contributed by atoms with Gasteiger partial charge in [-0.3, -0.25) is 9.59 Å². The van der Waals surface area contributed by atoms with Crippen LogP contribution in [0.5, 0.6) is 0 Å². The highest BCUT2D eigenvalue weighted by atomic mass is 16.5. The summed E-state index contributed by atoms with van der Waals surface area (Å²) >= 11 is 0. The molecule has 0 saturated heterocycles. The van der Waals surface area contributed by atoms with Crippen LogP contribution in [0.25, 0.3) is 0 Å². The highest BCUT2D eigenvalue weighted by Gasteiger charge is 2.62. The van der Waals surface area contributed by atoms with Crippen molar-refractivity contribution in [1.82, 2.24) is 0 Å². The van der Waals surface area contributed by atoms with E-state index in [9.17, 15) is 9.59 Å². The fourth-order valence-corrected chi connectivity index (χ4v) is 8.85. The fraction of sp³-hybridized carbons (Fsp3) is 0.923. The van der Waals surface area contributed by atoms with Crippen LogP contribution >= 0.6 is 0 Å². The van der Waals surface area contributed by atoms with E-state index in [1.165, 1.54) is 45.6 Å². The van der Waals surface area contributed by atoms with Crippen molar-refractivity contribution < 1.29 is 14.3 Å². The average Bonchev–Trinajstić information content (AvgIpc) is 3.05. The van der Waals surface area contributed by atoms with Gasteiger partial charge in [0.2, 0.25) is 0 Å². The van der Waals surface area contributed by atoms with Gasteiger partial charge in [-0.15, -0.1) is 0 Å². The molecule has 0 aromatic rings. The topological polar surface area (TPSA) is 43.4 Å². The maximum Gasteiger partial charge on any atom is 0.305 e. The molecule has 3 heteroatoms. The number of ether oxygens (including phenoxy) is 1. The molecule has 0 spiro atoms. The summed E-state index contributed by atoms with van der Waals surface area (Å²) in [6.45, 7) is 9.70. The van der Waals surface area contributed by atoms with Gasteiger partial charge in [0, 0.05) is 18.8 Å². The van der Waals surface area contributed by atoms with E-state index in [0.29, 0.717) is 53.1 Å². The smallest absolute Gasteiger partial charge is 0.305 e. The van der Waals surface area contributed by atoms with E-state index >= 15 is 0 Å². The Morgan fingerprint density at radius 3 is 2.52 bits per heavy atom. The molecular weight excluding hydrogens is 360 g/mol. The lowest BCUT2D eigenvalue weighted by atomic mass is 9.43. The highest BCUT2D eigenvalue weighted by Crippen LogP contribution is 2.68. The third-order valence-corrected chi connectivity index (χ3v) is 10.5. The van der Waals surface area contributed by atoms with Gasteiger partial charge in [0.25, 0.3) is 0 Å². The molecule has 0 bridgehead atoms. The lowest BCUT2D eigenvalue weighted by molar-refractivity contribution is -0.156. The van der Waals surface area contributed by atoms with Crippen LogP contribution < -0.4 is 0 Å². The zero-order valence-electron chi connectivity index (χ0n) is 19.3. The molecule has 0 aromatic heterocycles. The van der Waals surface area contributed by atoms with Gasteiger partial charge >= 0.3 is 5.97 Å². The quantitative estimate of drug-likeness (QED) is 0.538. The van der Waals surface area contributed by atoms with Crippen molar-refractivity contribution in [2.24, 2.45) is 52.3 Å². The Balaban J connectivity index is 1.52. The van der Waals surface area contributed by atoms with Crippen molar-refractivity contribution in [2.75, 3.05) is 7.11 Å². The van der Waals surface area contributed by atoms with Crippen molar-refractivity contribution in [3.63, 3.8) is 0 Å². The lowest BCUT2D eigenvalue weighted by Crippen LogP contribution is -2.56. The zero-order chi connectivity index (χ0) is 21.0. The van der Waals surface area contributed by atoms with Gasteiger partial charge in [-0.1, -0.05) is 34.1 Å². The molecule has 0 aliphatic heterocycles. The Morgan fingerprint density at radius 1 is 1.10 bits per heavy atom. The molecule has 3 nitrogen and oxygen atoms in total. The van der Waals surface area contributed by atoms with E-state index in [0.717, 1.165) is 25.2 Å². The van der Waals surface area contributed by atoms with Gasteiger partial charge in [-0.05, 0) is 91.3 Å². The lowest BCUT2D eigenvalue weighted by Gasteiger charge is -2.60. The zero-order valence-corrected chi connectivity index (χ0v) is 19.3. The average molecular weight is 403 g/mol. The first-order chi connectivity index (χ1) is 13.7. The molecule has 0 amide bonds. The van der Waals surface area contributed by atoms with Crippen molar-refractivity contribution in [3.05, 3.63) is 0 Å². The molecule has 0 radical (unpaired) electrons. The molecule has 4 saturated carbocycles. The second kappa shape index (κ2) is 7.68. The molecule has 0 heterocycles. The van der Waals surface area contributed by atoms with Crippen LogP contribution in [0.2, 0.25) is 0 Å². The second-order valence-electron chi connectivity index (χ2n) is 11.8. The van der Waals surface area contributed by atoms with E-state index in [-0.39, 0.29) is 11.4 Å². The second-order valence-corrected chi connectivity index (χ2v) is 11.8. The Kier molecular flexibility index (Phi) is 5.66. The summed E-state index contributed by atoms with van der Waals surface area (Å²) < 4.78 is 4.87. The maximum absolute atomic E-state index is 13.3. The molecule has 4 rings (SSSR count). The number of hydrogen-bond donors (Lipinski definition) is 0. The monoisotopic (exact) mass is 402 g/mol. The van der Waals surface area contributed by atoms with Crippen molar-refractivity contribution >= 4 is 11.8 Å². The summed E-state index contributed by atoms with van der Waals surface area (Å²) in [4.78, 5) is 25.0. The number of Topliss-reactive ketones (excluding diaryl/α,β-unsaturated/α-hetero) is 1. The summed E-state index contributed by atoms with van der Waals surface area (Å²) in [5.41, 5.74) is 0.602. The number of hydrogen-bond acceptors (Lipinski definition) is 3. The SMILES string of the molecule is COC(=O)CC[C@@H](C)[C@H]1CC[C@H]2[C@@H]3CC(=O)[C@H]4C[C@H](C)CC[C@]4(C)[C@H]3CC[C@]12C. The van der Waals surface area contributed by atoms with Gasteiger partial charge in [0.1, 0.15) is 5.78 Å². The number of carbonyl (C=O) groups excluding carboxylic acids is 2. The summed E-state index contributed by atoms with van der Waals surface area (Å²) in [5.74, 6) is 4.85. The van der Waals surface area contributed by atoms with Gasteiger partial charge in [0.15, 0.2) is 0 Å². The predicted molar refractivity (Wildman–Crippen MR) is 115 cm³/mol. The van der Waals surface area contributed by atoms with E-state index in [4.69, 9.17) is 4.74 Å². The van der Waals surface area contributed by atoms with E-state index < -0.39 is 0 Å². The molecule has 4 aliphatic rings. The summed E-state index contributed by atoms with van der Waals surface area (Å²) in [7, 11) is 1.49. The minimum atomic E-state index is -0.0800. The number of rotatable bonds is 4. The van der Waals surface area contributed by atoms with Crippen molar-refractivity contribution in [1.29, 1.82) is 0 Å². The first-order valence-electron chi connectivity index (χ1n) is 12.3. The summed E-state index contributed by atoms with van der Waals surface area (Å²) in [6, 6.07) is 0. The Bertz CT molecular complexity index is 656. The fourth-order valence-electron chi connectivity index (χ4n) is 8.85. The molecular formula is C26H42O3. The summed E-state index contributed by atoms with van der Waals surface area (Å²) in [6.07, 6.45) is 11.2. The summed E-state index contributed by atoms with van der Waals surface area (Å²) in [5, 5.41) is 0. The van der Waals surface area contributed by atoms with Gasteiger partial charge < -0.3 is 4.74 Å². The first kappa shape index (κ1) is 21.4. The molecule has 29 heavy (non-hydrogen) atoms. The number of methoxy groups -OCH3 is 1. The first-order valence-corrected chi connectivity index (χ1v) is 12.3. The number of esters is 1. The van der Waals surface area contributed by atoms with E-state index in [1.54, 1.807) is 0 Å². The Labute approximate surface area is 177 Å². The van der Waals surface area contributed by atoms with Gasteiger partial charge in [-0.25, -0.2) is 0 Å². The molecule has 9 atom stereocenters. The van der Waals surface area contributed by atoms with Gasteiger partial charge in [-0.2, -0.15) is 0 Å². The molecule has 0 aromatic carbocycles. The number of fused-ring (bicyclic) bond motifs is 5. The Morgan fingerprint density at radius 2 is 1.79 bits per heavy atom. The highest BCUT2D eigenvalue weighted by molar-refractivity contribution is 5.83. The Hall–Kier alpha value is -0.860. The minimum absolute atomic E-state index is 0.0800. The maximum atomic E-state index is 13.3. The molecule has 164 valence electrons. The van der Waals surface area contributed by atoms with Crippen LogP contribution in [-0.4, -0.2) is 18.9 Å². The van der Waals surface area contributed by atoms with Crippen LogP contribution in [0, 0.1) is 52.3 Å². The predicted octanol–water partition coefficient (Wildman–Crippen LogP) is 6.05. The van der Waals surface area contributed by atoms with Crippen LogP contribution in [0.1, 0.15) is 91.9 Å². The number of carbonyl (C=O) groups is 2. The normalized spacial score (nSPS) is 47.7. The van der Waals surface area contributed by atoms with Gasteiger partial charge in [0.05, 0.1) is 7.11 Å².